The molecule has 5 nitrogen and oxygen atoms in total. The van der Waals surface area contributed by atoms with Crippen LogP contribution in [0.1, 0.15) is 46.5 Å². The molecule has 1 rings (SSSR count). The van der Waals surface area contributed by atoms with E-state index < -0.39 is 0 Å². The van der Waals surface area contributed by atoms with Gasteiger partial charge < -0.3 is 15.1 Å². The van der Waals surface area contributed by atoms with Crippen molar-refractivity contribution in [2.45, 2.75) is 52.5 Å². The second-order valence-electron chi connectivity index (χ2n) is 5.52. The van der Waals surface area contributed by atoms with Crippen LogP contribution in [0.4, 0.5) is 0 Å². The predicted octanol–water partition coefficient (Wildman–Crippen LogP) is 1.24. The first-order valence-corrected chi connectivity index (χ1v) is 7.88. The van der Waals surface area contributed by atoms with Crippen molar-refractivity contribution in [3.05, 3.63) is 0 Å². The Morgan fingerprint density at radius 2 is 1.85 bits per heavy atom. The van der Waals surface area contributed by atoms with Crippen molar-refractivity contribution >= 4 is 11.8 Å². The number of nitrogens with one attached hydrogen (secondary N) is 1. The zero-order valence-corrected chi connectivity index (χ0v) is 13.2. The molecular formula is C15H29N3O2. The van der Waals surface area contributed by atoms with E-state index in [2.05, 4.69) is 19.2 Å². The van der Waals surface area contributed by atoms with Gasteiger partial charge >= 0.3 is 0 Å². The van der Waals surface area contributed by atoms with E-state index >= 15 is 0 Å². The van der Waals surface area contributed by atoms with Gasteiger partial charge in [-0.3, -0.25) is 9.59 Å². The lowest BCUT2D eigenvalue weighted by atomic mass is 10.1. The van der Waals surface area contributed by atoms with Crippen molar-refractivity contribution in [1.29, 1.82) is 0 Å². The van der Waals surface area contributed by atoms with Gasteiger partial charge in [-0.2, -0.15) is 0 Å². The minimum atomic E-state index is 0.111. The van der Waals surface area contributed by atoms with Crippen LogP contribution in [-0.2, 0) is 9.59 Å². The summed E-state index contributed by atoms with van der Waals surface area (Å²) >= 11 is 0. The van der Waals surface area contributed by atoms with Crippen LogP contribution in [-0.4, -0.2) is 60.4 Å². The van der Waals surface area contributed by atoms with Crippen molar-refractivity contribution in [3.63, 3.8) is 0 Å². The van der Waals surface area contributed by atoms with Gasteiger partial charge in [0.2, 0.25) is 11.8 Å². The normalized spacial score (nSPS) is 18.9. The fourth-order valence-electron chi connectivity index (χ4n) is 2.63. The summed E-state index contributed by atoms with van der Waals surface area (Å²) in [5.74, 6) is 0.227. The molecule has 2 amide bonds. The lowest BCUT2D eigenvalue weighted by Crippen LogP contribution is -2.52. The molecule has 0 aromatic carbocycles. The summed E-state index contributed by atoms with van der Waals surface area (Å²) in [6, 6.07) is 0.230. The van der Waals surface area contributed by atoms with Crippen LogP contribution in [0.15, 0.2) is 0 Å². The van der Waals surface area contributed by atoms with Gasteiger partial charge in [0.05, 0.1) is 0 Å². The first-order chi connectivity index (χ1) is 9.60. The molecule has 1 aliphatic rings. The molecule has 1 heterocycles. The van der Waals surface area contributed by atoms with Gasteiger partial charge in [0, 0.05) is 51.6 Å². The Kier molecular flexibility index (Phi) is 7.59. The Labute approximate surface area is 122 Å². The van der Waals surface area contributed by atoms with E-state index in [4.69, 9.17) is 0 Å². The third kappa shape index (κ3) is 5.12. The maximum absolute atomic E-state index is 12.2. The Balaban J connectivity index is 2.40. The highest BCUT2D eigenvalue weighted by molar-refractivity contribution is 5.84. The SMILES string of the molecule is CCCN(CCC)C(=O)CCC(=O)N1CCNCC1C. The molecule has 0 spiro atoms. The summed E-state index contributed by atoms with van der Waals surface area (Å²) in [7, 11) is 0. The van der Waals surface area contributed by atoms with E-state index in [1.54, 1.807) is 0 Å². The molecule has 1 aliphatic heterocycles. The standard InChI is InChI=1S/C15H29N3O2/c1-4-9-17(10-5-2)14(19)6-7-15(20)18-11-8-16-12-13(18)3/h13,16H,4-12H2,1-3H3. The van der Waals surface area contributed by atoms with Crippen LogP contribution in [0.25, 0.3) is 0 Å². The van der Waals surface area contributed by atoms with Crippen molar-refractivity contribution in [3.8, 4) is 0 Å². The second-order valence-corrected chi connectivity index (χ2v) is 5.52. The Morgan fingerprint density at radius 1 is 1.20 bits per heavy atom. The molecule has 0 aromatic rings. The largest absolute Gasteiger partial charge is 0.343 e. The predicted molar refractivity (Wildman–Crippen MR) is 80.4 cm³/mol. The molecular weight excluding hydrogens is 254 g/mol. The summed E-state index contributed by atoms with van der Waals surface area (Å²) in [5.41, 5.74) is 0. The number of piperazine rings is 1. The van der Waals surface area contributed by atoms with Crippen LogP contribution in [0.2, 0.25) is 0 Å². The summed E-state index contributed by atoms with van der Waals surface area (Å²) in [4.78, 5) is 28.1. The molecule has 1 N–H and O–H groups in total. The Bertz CT molecular complexity index is 314. The fraction of sp³-hybridized carbons (Fsp3) is 0.867. The van der Waals surface area contributed by atoms with Crippen LogP contribution in [0.5, 0.6) is 0 Å². The molecule has 0 bridgehead atoms. The second kappa shape index (κ2) is 8.95. The molecule has 1 atom stereocenters. The van der Waals surface area contributed by atoms with Crippen LogP contribution < -0.4 is 5.32 Å². The maximum Gasteiger partial charge on any atom is 0.223 e. The molecule has 0 aromatic heterocycles. The van der Waals surface area contributed by atoms with Gasteiger partial charge in [-0.1, -0.05) is 13.8 Å². The van der Waals surface area contributed by atoms with E-state index in [0.29, 0.717) is 12.8 Å². The Hall–Kier alpha value is -1.10. The monoisotopic (exact) mass is 283 g/mol. The quantitative estimate of drug-likeness (QED) is 0.765. The van der Waals surface area contributed by atoms with Gasteiger partial charge in [-0.05, 0) is 19.8 Å². The van der Waals surface area contributed by atoms with Crippen LogP contribution in [0, 0.1) is 0 Å². The van der Waals surface area contributed by atoms with Gasteiger partial charge in [0.15, 0.2) is 0 Å². The van der Waals surface area contributed by atoms with Crippen molar-refractivity contribution in [1.82, 2.24) is 15.1 Å². The maximum atomic E-state index is 12.2. The van der Waals surface area contributed by atoms with Crippen molar-refractivity contribution in [2.75, 3.05) is 32.7 Å². The summed E-state index contributed by atoms with van der Waals surface area (Å²) in [6.45, 7) is 10.2. The third-order valence-electron chi connectivity index (χ3n) is 3.71. The fourth-order valence-corrected chi connectivity index (χ4v) is 2.63. The van der Waals surface area contributed by atoms with Gasteiger partial charge in [-0.25, -0.2) is 0 Å². The third-order valence-corrected chi connectivity index (χ3v) is 3.71. The molecule has 0 saturated carbocycles. The molecule has 116 valence electrons. The number of nitrogens with zero attached hydrogens (tertiary/aromatic N) is 2. The van der Waals surface area contributed by atoms with E-state index in [1.807, 2.05) is 16.7 Å². The minimum Gasteiger partial charge on any atom is -0.343 e. The molecule has 1 saturated heterocycles. The highest BCUT2D eigenvalue weighted by atomic mass is 16.2. The average Bonchev–Trinajstić information content (AvgIpc) is 2.44. The molecule has 20 heavy (non-hydrogen) atoms. The number of hydrogen-bond donors (Lipinski definition) is 1. The zero-order chi connectivity index (χ0) is 15.0. The van der Waals surface area contributed by atoms with Gasteiger partial charge in [0.1, 0.15) is 0 Å². The smallest absolute Gasteiger partial charge is 0.223 e. The number of carbonyl (C=O) groups excluding carboxylic acids is 2. The van der Waals surface area contributed by atoms with Gasteiger partial charge in [0.25, 0.3) is 0 Å². The summed E-state index contributed by atoms with van der Waals surface area (Å²) in [5, 5.41) is 3.27. The number of amides is 2. The topological polar surface area (TPSA) is 52.7 Å². The highest BCUT2D eigenvalue weighted by Gasteiger charge is 2.23. The van der Waals surface area contributed by atoms with Gasteiger partial charge in [-0.15, -0.1) is 0 Å². The van der Waals surface area contributed by atoms with Crippen molar-refractivity contribution in [2.24, 2.45) is 0 Å². The molecule has 5 heteroatoms. The lowest BCUT2D eigenvalue weighted by Gasteiger charge is -2.34. The van der Waals surface area contributed by atoms with E-state index in [1.165, 1.54) is 0 Å². The van der Waals surface area contributed by atoms with E-state index in [-0.39, 0.29) is 17.9 Å². The van der Waals surface area contributed by atoms with Crippen LogP contribution >= 0.6 is 0 Å². The average molecular weight is 283 g/mol. The number of hydrogen-bond acceptors (Lipinski definition) is 3. The first kappa shape index (κ1) is 17.0. The van der Waals surface area contributed by atoms with E-state index in [0.717, 1.165) is 45.6 Å². The summed E-state index contributed by atoms with van der Waals surface area (Å²) in [6.07, 6.45) is 2.62. The number of carbonyl (C=O) groups is 2. The van der Waals surface area contributed by atoms with Crippen molar-refractivity contribution < 1.29 is 9.59 Å². The van der Waals surface area contributed by atoms with E-state index in [9.17, 15) is 9.59 Å². The highest BCUT2D eigenvalue weighted by Crippen LogP contribution is 2.08. The molecule has 1 unspecified atom stereocenters. The summed E-state index contributed by atoms with van der Waals surface area (Å²) < 4.78 is 0. The van der Waals surface area contributed by atoms with Crippen LogP contribution in [0.3, 0.4) is 0 Å². The molecule has 0 radical (unpaired) electrons. The molecule has 1 fully saturated rings. The lowest BCUT2D eigenvalue weighted by molar-refractivity contribution is -0.138. The number of rotatable bonds is 7. The first-order valence-electron chi connectivity index (χ1n) is 7.88. The Morgan fingerprint density at radius 3 is 2.40 bits per heavy atom. The molecule has 0 aliphatic carbocycles. The zero-order valence-electron chi connectivity index (χ0n) is 13.2. The minimum absolute atomic E-state index is 0.111.